The van der Waals surface area contributed by atoms with Gasteiger partial charge in [0.25, 0.3) is 0 Å². The molecule has 3 aromatic heterocycles. The van der Waals surface area contributed by atoms with Gasteiger partial charge in [0.15, 0.2) is 0 Å². The predicted molar refractivity (Wildman–Crippen MR) is 139 cm³/mol. The lowest BCUT2D eigenvalue weighted by Crippen LogP contribution is -2.43. The number of pyridine rings is 1. The van der Waals surface area contributed by atoms with Crippen molar-refractivity contribution in [2.75, 3.05) is 19.7 Å². The van der Waals surface area contributed by atoms with E-state index in [1.54, 1.807) is 12.4 Å². The van der Waals surface area contributed by atoms with Gasteiger partial charge in [0.1, 0.15) is 12.2 Å². The summed E-state index contributed by atoms with van der Waals surface area (Å²) >= 11 is 0. The number of ether oxygens (including phenoxy) is 1. The quantitative estimate of drug-likeness (QED) is 0.380. The van der Waals surface area contributed by atoms with Crippen LogP contribution in [0.1, 0.15) is 49.2 Å². The van der Waals surface area contributed by atoms with Gasteiger partial charge in [-0.25, -0.2) is 4.79 Å². The normalized spacial score (nSPS) is 24.3. The van der Waals surface area contributed by atoms with Gasteiger partial charge in [0.2, 0.25) is 0 Å². The number of benzene rings is 1. The summed E-state index contributed by atoms with van der Waals surface area (Å²) < 4.78 is 52.5. The van der Waals surface area contributed by atoms with Crippen molar-refractivity contribution in [3.8, 4) is 5.69 Å². The van der Waals surface area contributed by atoms with Crippen molar-refractivity contribution < 1.29 is 17.9 Å². The first-order valence-corrected chi connectivity index (χ1v) is 13.2. The number of halogens is 3. The number of fused-ring (bicyclic) bond motifs is 1. The van der Waals surface area contributed by atoms with Crippen LogP contribution < -0.4 is 5.69 Å². The van der Waals surface area contributed by atoms with Gasteiger partial charge < -0.3 is 9.30 Å². The van der Waals surface area contributed by atoms with Crippen LogP contribution in [0.25, 0.3) is 11.2 Å². The fourth-order valence-corrected chi connectivity index (χ4v) is 6.38. The Bertz CT molecular complexity index is 1580. The SMILES string of the molecule is CC1CC(c2cccc(-n3cc4c(C(F)(F)F)cc(CN5CCO[C@H](C)C5)cn4c3=O)c2)(c2nncn2C)C1. The maximum atomic E-state index is 14.2. The van der Waals surface area contributed by atoms with Crippen LogP contribution in [-0.2, 0) is 29.9 Å². The maximum absolute atomic E-state index is 14.2. The zero-order valence-corrected chi connectivity index (χ0v) is 22.1. The van der Waals surface area contributed by atoms with Crippen molar-refractivity contribution in [1.82, 2.24) is 28.6 Å². The Morgan fingerprint density at radius 2 is 1.95 bits per heavy atom. The molecule has 1 saturated carbocycles. The highest BCUT2D eigenvalue weighted by Crippen LogP contribution is 2.51. The molecule has 0 spiro atoms. The van der Waals surface area contributed by atoms with E-state index in [9.17, 15) is 18.0 Å². The summed E-state index contributed by atoms with van der Waals surface area (Å²) in [5, 5.41) is 8.45. The van der Waals surface area contributed by atoms with E-state index in [1.807, 2.05) is 41.6 Å². The van der Waals surface area contributed by atoms with Gasteiger partial charge in [-0.15, -0.1) is 10.2 Å². The van der Waals surface area contributed by atoms with Gasteiger partial charge >= 0.3 is 11.9 Å². The highest BCUT2D eigenvalue weighted by molar-refractivity contribution is 5.58. The van der Waals surface area contributed by atoms with Gasteiger partial charge in [-0.2, -0.15) is 13.2 Å². The summed E-state index contributed by atoms with van der Waals surface area (Å²) in [6.07, 6.45) is 1.63. The summed E-state index contributed by atoms with van der Waals surface area (Å²) in [5.74, 6) is 1.33. The van der Waals surface area contributed by atoms with E-state index in [1.165, 1.54) is 17.0 Å². The summed E-state index contributed by atoms with van der Waals surface area (Å²) in [6.45, 7) is 6.19. The largest absolute Gasteiger partial charge is 0.418 e. The molecule has 0 N–H and O–H groups in total. The van der Waals surface area contributed by atoms with E-state index in [-0.39, 0.29) is 17.0 Å². The number of morpholine rings is 1. The van der Waals surface area contributed by atoms with Gasteiger partial charge in [-0.1, -0.05) is 19.1 Å². The molecule has 0 amide bonds. The molecule has 1 atom stereocenters. The first-order chi connectivity index (χ1) is 18.5. The van der Waals surface area contributed by atoms with Crippen LogP contribution in [-0.4, -0.2) is 54.4 Å². The minimum Gasteiger partial charge on any atom is -0.376 e. The van der Waals surface area contributed by atoms with Crippen LogP contribution in [0, 0.1) is 5.92 Å². The van der Waals surface area contributed by atoms with Crippen molar-refractivity contribution >= 4 is 5.52 Å². The van der Waals surface area contributed by atoms with E-state index in [2.05, 4.69) is 17.1 Å². The molecule has 1 aliphatic heterocycles. The molecule has 11 heteroatoms. The third kappa shape index (κ3) is 4.47. The van der Waals surface area contributed by atoms with E-state index in [4.69, 9.17) is 4.74 Å². The number of hydrogen-bond donors (Lipinski definition) is 0. The molecule has 2 aliphatic rings. The Balaban J connectivity index is 1.44. The topological polar surface area (TPSA) is 69.6 Å². The molecule has 6 rings (SSSR count). The molecule has 206 valence electrons. The molecular formula is C28H31F3N6O2. The molecule has 2 fully saturated rings. The fourth-order valence-electron chi connectivity index (χ4n) is 6.38. The summed E-state index contributed by atoms with van der Waals surface area (Å²) in [5.41, 5.74) is 0.0208. The summed E-state index contributed by atoms with van der Waals surface area (Å²) in [4.78, 5) is 15.6. The molecule has 4 heterocycles. The highest BCUT2D eigenvalue weighted by atomic mass is 19.4. The minimum atomic E-state index is -4.61. The van der Waals surface area contributed by atoms with Crippen molar-refractivity contribution in [2.24, 2.45) is 13.0 Å². The number of aromatic nitrogens is 5. The second-order valence-corrected chi connectivity index (χ2v) is 11.1. The average molecular weight is 541 g/mol. The monoisotopic (exact) mass is 540 g/mol. The zero-order chi connectivity index (χ0) is 27.5. The predicted octanol–water partition coefficient (Wildman–Crippen LogP) is 4.17. The van der Waals surface area contributed by atoms with Crippen molar-refractivity contribution in [3.05, 3.63) is 82.1 Å². The van der Waals surface area contributed by atoms with Crippen LogP contribution in [0.2, 0.25) is 0 Å². The van der Waals surface area contributed by atoms with Gasteiger partial charge in [0, 0.05) is 39.1 Å². The van der Waals surface area contributed by atoms with Crippen molar-refractivity contribution in [1.29, 1.82) is 0 Å². The summed E-state index contributed by atoms with van der Waals surface area (Å²) in [6, 6.07) is 8.64. The lowest BCUT2D eigenvalue weighted by Gasteiger charge is -2.46. The number of rotatable bonds is 5. The Morgan fingerprint density at radius 3 is 2.62 bits per heavy atom. The fraction of sp³-hybridized carbons (Fsp3) is 0.464. The van der Waals surface area contributed by atoms with Crippen LogP contribution >= 0.6 is 0 Å². The van der Waals surface area contributed by atoms with Gasteiger partial charge in [0.05, 0.1) is 34.9 Å². The van der Waals surface area contributed by atoms with E-state index in [0.717, 1.165) is 34.7 Å². The van der Waals surface area contributed by atoms with E-state index in [0.29, 0.717) is 43.4 Å². The molecule has 8 nitrogen and oxygen atoms in total. The van der Waals surface area contributed by atoms with E-state index >= 15 is 0 Å². The zero-order valence-electron chi connectivity index (χ0n) is 22.1. The van der Waals surface area contributed by atoms with Crippen LogP contribution in [0.4, 0.5) is 13.2 Å². The Morgan fingerprint density at radius 1 is 1.15 bits per heavy atom. The van der Waals surface area contributed by atoms with Crippen molar-refractivity contribution in [3.63, 3.8) is 0 Å². The second-order valence-electron chi connectivity index (χ2n) is 11.1. The van der Waals surface area contributed by atoms with Gasteiger partial charge in [-0.05, 0) is 55.0 Å². The lowest BCUT2D eigenvalue weighted by atomic mass is 9.58. The molecule has 1 aliphatic carbocycles. The smallest absolute Gasteiger partial charge is 0.376 e. The minimum absolute atomic E-state index is 0.00384. The molecule has 0 radical (unpaired) electrons. The third-order valence-corrected chi connectivity index (χ3v) is 8.07. The number of nitrogens with zero attached hydrogens (tertiary/aromatic N) is 6. The molecule has 39 heavy (non-hydrogen) atoms. The maximum Gasteiger partial charge on any atom is 0.418 e. The Kier molecular flexibility index (Phi) is 6.18. The second kappa shape index (κ2) is 9.34. The first kappa shape index (κ1) is 25.8. The van der Waals surface area contributed by atoms with Crippen molar-refractivity contribution in [2.45, 2.75) is 50.9 Å². The Hall–Kier alpha value is -3.44. The van der Waals surface area contributed by atoms with Gasteiger partial charge in [-0.3, -0.25) is 13.9 Å². The molecular weight excluding hydrogens is 509 g/mol. The standard InChI is InChI=1S/C28H31F3N6O2/c1-18-11-27(12-18,25-33-32-17-34(25)3)21-5-4-6-22(10-21)36-16-24-23(28(29,30)31)9-20(15-37(24)26(36)38)14-35-7-8-39-19(2)13-35/h4-6,9-10,15-19H,7-8,11-14H2,1-3H3/t18?,19-,27?/m1/s1. The number of imidazole rings is 1. The molecule has 0 bridgehead atoms. The van der Waals surface area contributed by atoms with Crippen LogP contribution in [0.5, 0.6) is 0 Å². The molecule has 1 aromatic carbocycles. The average Bonchev–Trinajstić information content (AvgIpc) is 3.44. The van der Waals surface area contributed by atoms with E-state index < -0.39 is 17.4 Å². The Labute approximate surface area is 223 Å². The molecule has 0 unspecified atom stereocenters. The lowest BCUT2D eigenvalue weighted by molar-refractivity contribution is -0.136. The molecule has 1 saturated heterocycles. The third-order valence-electron chi connectivity index (χ3n) is 8.07. The molecule has 4 aromatic rings. The van der Waals surface area contributed by atoms with Crippen LogP contribution in [0.3, 0.4) is 0 Å². The number of aryl methyl sites for hydroxylation is 1. The first-order valence-electron chi connectivity index (χ1n) is 13.2. The van der Waals surface area contributed by atoms with Crippen LogP contribution in [0.15, 0.2) is 53.8 Å². The number of alkyl halides is 3. The number of hydrogen-bond acceptors (Lipinski definition) is 5. The summed E-state index contributed by atoms with van der Waals surface area (Å²) in [7, 11) is 1.91. The highest BCUT2D eigenvalue weighted by Gasteiger charge is 2.48.